The van der Waals surface area contributed by atoms with Gasteiger partial charge in [-0.2, -0.15) is 0 Å². The average molecular weight is 336 g/mol. The molecule has 1 saturated heterocycles. The van der Waals surface area contributed by atoms with E-state index in [4.69, 9.17) is 0 Å². The van der Waals surface area contributed by atoms with Crippen molar-refractivity contribution in [1.29, 1.82) is 0 Å². The first kappa shape index (κ1) is 15.8. The van der Waals surface area contributed by atoms with Crippen molar-refractivity contribution in [2.75, 3.05) is 13.1 Å². The third kappa shape index (κ3) is 3.13. The Morgan fingerprint density at radius 2 is 2.00 bits per heavy atom. The largest absolute Gasteiger partial charge is 0.387 e. The Morgan fingerprint density at radius 1 is 1.24 bits per heavy atom. The summed E-state index contributed by atoms with van der Waals surface area (Å²) in [5.74, 6) is 0.127. The first-order valence-corrected chi connectivity index (χ1v) is 8.45. The van der Waals surface area contributed by atoms with Crippen LogP contribution in [0.5, 0.6) is 0 Å². The Labute approximate surface area is 145 Å². The number of benzene rings is 2. The molecule has 0 unspecified atom stereocenters. The van der Waals surface area contributed by atoms with Crippen LogP contribution in [0.1, 0.15) is 30.3 Å². The normalized spacial score (nSPS) is 16.0. The van der Waals surface area contributed by atoms with Crippen LogP contribution < -0.4 is 0 Å². The molecule has 0 bridgehead atoms. The van der Waals surface area contributed by atoms with E-state index in [2.05, 4.69) is 34.6 Å². The molecule has 1 amide bonds. The maximum atomic E-state index is 12.5. The van der Waals surface area contributed by atoms with Gasteiger partial charge in [-0.05, 0) is 23.3 Å². The van der Waals surface area contributed by atoms with Crippen LogP contribution in [0.2, 0.25) is 0 Å². The van der Waals surface area contributed by atoms with Crippen LogP contribution >= 0.6 is 0 Å². The molecule has 4 rings (SSSR count). The molecular weight excluding hydrogens is 316 g/mol. The molecule has 0 spiro atoms. The second-order valence-electron chi connectivity index (χ2n) is 6.61. The minimum absolute atomic E-state index is 0.127. The van der Waals surface area contributed by atoms with E-state index in [0.29, 0.717) is 25.2 Å². The number of aromatic nitrogens is 3. The number of hydrogen-bond acceptors (Lipinski definition) is 4. The first-order chi connectivity index (χ1) is 12.1. The Balaban J connectivity index is 1.37. The zero-order chi connectivity index (χ0) is 17.4. The Morgan fingerprint density at radius 3 is 2.72 bits per heavy atom. The predicted molar refractivity (Wildman–Crippen MR) is 93.9 cm³/mol. The number of fused-ring (bicyclic) bond motifs is 1. The monoisotopic (exact) mass is 336 g/mol. The molecule has 0 aliphatic carbocycles. The van der Waals surface area contributed by atoms with Crippen LogP contribution in [-0.2, 0) is 11.2 Å². The van der Waals surface area contributed by atoms with E-state index in [0.717, 1.165) is 10.9 Å². The molecule has 2 aromatic carbocycles. The van der Waals surface area contributed by atoms with Crippen LogP contribution in [0.3, 0.4) is 0 Å². The number of aliphatic hydroxyl groups excluding tert-OH is 1. The highest BCUT2D eigenvalue weighted by molar-refractivity contribution is 5.85. The number of rotatable bonds is 4. The highest BCUT2D eigenvalue weighted by atomic mass is 16.3. The van der Waals surface area contributed by atoms with Crippen LogP contribution in [0.15, 0.2) is 48.7 Å². The average Bonchev–Trinajstić information content (AvgIpc) is 3.03. The van der Waals surface area contributed by atoms with E-state index < -0.39 is 6.10 Å². The molecule has 0 saturated carbocycles. The van der Waals surface area contributed by atoms with E-state index in [1.54, 1.807) is 17.8 Å². The van der Waals surface area contributed by atoms with Crippen molar-refractivity contribution in [2.45, 2.75) is 25.5 Å². The van der Waals surface area contributed by atoms with Gasteiger partial charge in [0.1, 0.15) is 5.69 Å². The van der Waals surface area contributed by atoms with Crippen molar-refractivity contribution >= 4 is 16.7 Å². The minimum atomic E-state index is -0.625. The highest BCUT2D eigenvalue weighted by Gasteiger charge is 2.32. The Hall–Kier alpha value is -2.73. The number of aliphatic hydroxyl groups is 1. The van der Waals surface area contributed by atoms with Gasteiger partial charge in [-0.1, -0.05) is 47.7 Å². The van der Waals surface area contributed by atoms with E-state index in [9.17, 15) is 9.90 Å². The van der Waals surface area contributed by atoms with Gasteiger partial charge in [-0.25, -0.2) is 4.68 Å². The minimum Gasteiger partial charge on any atom is -0.387 e. The number of carbonyl (C=O) groups excluding carboxylic acids is 1. The number of hydrogen-bond donors (Lipinski definition) is 1. The van der Waals surface area contributed by atoms with Gasteiger partial charge < -0.3 is 10.0 Å². The van der Waals surface area contributed by atoms with Gasteiger partial charge in [-0.3, -0.25) is 4.79 Å². The second-order valence-corrected chi connectivity index (χ2v) is 6.61. The first-order valence-electron chi connectivity index (χ1n) is 8.45. The Bertz CT molecular complexity index is 912. The topological polar surface area (TPSA) is 71.2 Å². The molecule has 1 aliphatic rings. The summed E-state index contributed by atoms with van der Waals surface area (Å²) in [5, 5.41) is 19.8. The predicted octanol–water partition coefficient (Wildman–Crippen LogP) is 2.11. The molecule has 1 N–H and O–H groups in total. The maximum Gasteiger partial charge on any atom is 0.227 e. The summed E-state index contributed by atoms with van der Waals surface area (Å²) in [6, 6.07) is 14.5. The molecule has 0 radical (unpaired) electrons. The lowest BCUT2D eigenvalue weighted by atomic mass is 10.0. The van der Waals surface area contributed by atoms with Gasteiger partial charge >= 0.3 is 0 Å². The molecule has 2 heterocycles. The third-order valence-electron chi connectivity index (χ3n) is 4.71. The molecule has 1 atom stereocenters. The van der Waals surface area contributed by atoms with Gasteiger partial charge in [0.2, 0.25) is 5.91 Å². The van der Waals surface area contributed by atoms with E-state index in [1.165, 1.54) is 5.39 Å². The highest BCUT2D eigenvalue weighted by Crippen LogP contribution is 2.23. The van der Waals surface area contributed by atoms with Crippen molar-refractivity contribution in [3.05, 3.63) is 59.9 Å². The number of carbonyl (C=O) groups is 1. The van der Waals surface area contributed by atoms with Crippen molar-refractivity contribution in [3.63, 3.8) is 0 Å². The zero-order valence-electron chi connectivity index (χ0n) is 14.0. The summed E-state index contributed by atoms with van der Waals surface area (Å²) in [6.07, 6.45) is 1.54. The molecule has 25 heavy (non-hydrogen) atoms. The van der Waals surface area contributed by atoms with Gasteiger partial charge in [-0.15, -0.1) is 5.10 Å². The number of nitrogens with zero attached hydrogens (tertiary/aromatic N) is 4. The molecular formula is C19H20N4O2. The van der Waals surface area contributed by atoms with Gasteiger partial charge in [0.05, 0.1) is 24.8 Å². The van der Waals surface area contributed by atoms with E-state index >= 15 is 0 Å². The summed E-state index contributed by atoms with van der Waals surface area (Å²) in [7, 11) is 0. The summed E-state index contributed by atoms with van der Waals surface area (Å²) in [6.45, 7) is 2.93. The van der Waals surface area contributed by atoms with Crippen molar-refractivity contribution in [2.24, 2.45) is 0 Å². The van der Waals surface area contributed by atoms with Gasteiger partial charge in [0, 0.05) is 13.1 Å². The quantitative estimate of drug-likeness (QED) is 0.792. The second kappa shape index (κ2) is 6.29. The van der Waals surface area contributed by atoms with Crippen molar-refractivity contribution in [1.82, 2.24) is 19.9 Å². The number of amides is 1. The molecule has 1 fully saturated rings. The van der Waals surface area contributed by atoms with Crippen molar-refractivity contribution < 1.29 is 9.90 Å². The van der Waals surface area contributed by atoms with Gasteiger partial charge in [0.15, 0.2) is 0 Å². The molecule has 1 aliphatic heterocycles. The van der Waals surface area contributed by atoms with Crippen LogP contribution in [0.25, 0.3) is 10.8 Å². The molecule has 6 nitrogen and oxygen atoms in total. The summed E-state index contributed by atoms with van der Waals surface area (Å²) < 4.78 is 1.74. The molecule has 6 heteroatoms. The SMILES string of the molecule is C[C@@H](O)c1cn(C2CN(C(=O)Cc3ccc4ccccc4c3)C2)nn1. The smallest absolute Gasteiger partial charge is 0.227 e. The lowest BCUT2D eigenvalue weighted by molar-refractivity contribution is -0.136. The fourth-order valence-electron chi connectivity index (χ4n) is 3.12. The van der Waals surface area contributed by atoms with Crippen LogP contribution in [0, 0.1) is 0 Å². The van der Waals surface area contributed by atoms with Gasteiger partial charge in [0.25, 0.3) is 0 Å². The van der Waals surface area contributed by atoms with E-state index in [1.807, 2.05) is 23.1 Å². The lowest BCUT2D eigenvalue weighted by Crippen LogP contribution is -2.51. The summed E-state index contributed by atoms with van der Waals surface area (Å²) in [5.41, 5.74) is 1.59. The Kier molecular flexibility index (Phi) is 3.97. The van der Waals surface area contributed by atoms with Crippen LogP contribution in [-0.4, -0.2) is 44.0 Å². The molecule has 3 aromatic rings. The summed E-state index contributed by atoms with van der Waals surface area (Å²) >= 11 is 0. The zero-order valence-corrected chi connectivity index (χ0v) is 14.0. The fourth-order valence-corrected chi connectivity index (χ4v) is 3.12. The summed E-state index contributed by atoms with van der Waals surface area (Å²) in [4.78, 5) is 14.3. The molecule has 1 aromatic heterocycles. The van der Waals surface area contributed by atoms with Crippen LogP contribution in [0.4, 0.5) is 0 Å². The van der Waals surface area contributed by atoms with Crippen molar-refractivity contribution in [3.8, 4) is 0 Å². The third-order valence-corrected chi connectivity index (χ3v) is 4.71. The number of likely N-dealkylation sites (tertiary alicyclic amines) is 1. The van der Waals surface area contributed by atoms with E-state index in [-0.39, 0.29) is 11.9 Å². The lowest BCUT2D eigenvalue weighted by Gasteiger charge is -2.39. The molecule has 128 valence electrons. The maximum absolute atomic E-state index is 12.5. The standard InChI is InChI=1S/C19H20N4O2/c1-13(24)18-12-23(21-20-18)17-10-22(11-17)19(25)9-14-6-7-15-4-2-3-5-16(15)8-14/h2-8,12-13,17,24H,9-11H2,1H3/t13-/m1/s1. The fraction of sp³-hybridized carbons (Fsp3) is 0.316.